The van der Waals surface area contributed by atoms with Crippen molar-refractivity contribution in [2.75, 3.05) is 11.9 Å². The summed E-state index contributed by atoms with van der Waals surface area (Å²) < 4.78 is 2.97. The van der Waals surface area contributed by atoms with E-state index in [2.05, 4.69) is 20.3 Å². The van der Waals surface area contributed by atoms with Crippen LogP contribution in [0.2, 0.25) is 0 Å². The van der Waals surface area contributed by atoms with E-state index in [1.54, 1.807) is 12.3 Å². The van der Waals surface area contributed by atoms with Gasteiger partial charge in [0.15, 0.2) is 5.82 Å². The smallest absolute Gasteiger partial charge is 0.413 e. The zero-order chi connectivity index (χ0) is 10.6. The molecule has 1 amide bonds. The molecule has 0 aliphatic carbocycles. The fraction of sp³-hybridized carbons (Fsp3) is 0.333. The van der Waals surface area contributed by atoms with Crippen LogP contribution in [0.1, 0.15) is 0 Å². The molecule has 0 saturated carbocycles. The summed E-state index contributed by atoms with van der Waals surface area (Å²) in [4.78, 5) is 11.0. The summed E-state index contributed by atoms with van der Waals surface area (Å²) in [6.07, 6.45) is 0.813. The summed E-state index contributed by atoms with van der Waals surface area (Å²) in [6.45, 7) is -0.325. The lowest BCUT2D eigenvalue weighted by Gasteiger charge is -2.10. The highest BCUT2D eigenvalue weighted by atomic mass is 35.6. The van der Waals surface area contributed by atoms with E-state index in [0.717, 1.165) is 0 Å². The number of hydrogen-bond donors (Lipinski definition) is 2. The van der Waals surface area contributed by atoms with Crippen LogP contribution in [-0.4, -0.2) is 26.7 Å². The molecule has 0 bridgehead atoms. The van der Waals surface area contributed by atoms with E-state index >= 15 is 0 Å². The molecular weight excluding hydrogens is 252 g/mol. The van der Waals surface area contributed by atoms with Gasteiger partial charge in [0.25, 0.3) is 0 Å². The predicted molar refractivity (Wildman–Crippen MR) is 53.8 cm³/mol. The first-order valence-electron chi connectivity index (χ1n) is 3.48. The lowest BCUT2D eigenvalue weighted by Crippen LogP contribution is -2.21. The fourth-order valence-electron chi connectivity index (χ4n) is 0.618. The summed E-state index contributed by atoms with van der Waals surface area (Å²) >= 11 is 16.1. The first-order chi connectivity index (χ1) is 6.47. The van der Waals surface area contributed by atoms with Crippen molar-refractivity contribution in [1.29, 1.82) is 0 Å². The molecule has 0 atom stereocenters. The van der Waals surface area contributed by atoms with E-state index in [-0.39, 0.29) is 6.61 Å². The second-order valence-electron chi connectivity index (χ2n) is 2.28. The zero-order valence-electron chi connectivity index (χ0n) is 6.76. The molecule has 0 spiro atoms. The molecule has 8 heteroatoms. The Morgan fingerprint density at radius 3 is 2.86 bits per heavy atom. The topological polar surface area (TPSA) is 67.0 Å². The molecule has 2 N–H and O–H groups in total. The Labute approximate surface area is 94.7 Å². The Bertz CT molecular complexity index is 296. The fourth-order valence-corrected chi connectivity index (χ4v) is 0.782. The summed E-state index contributed by atoms with van der Waals surface area (Å²) in [5, 5.41) is 8.49. The number of rotatable bonds is 2. The average Bonchev–Trinajstić information content (AvgIpc) is 2.52. The molecule has 0 radical (unpaired) electrons. The van der Waals surface area contributed by atoms with Gasteiger partial charge in [-0.3, -0.25) is 10.4 Å². The van der Waals surface area contributed by atoms with Crippen molar-refractivity contribution in [3.63, 3.8) is 0 Å². The monoisotopic (exact) mass is 257 g/mol. The van der Waals surface area contributed by atoms with E-state index in [0.29, 0.717) is 5.82 Å². The standard InChI is InChI=1S/C6H6Cl3N3O2/c7-6(8,9)3-14-5(13)11-4-1-2-10-12-4/h1-2H,3H2,(H2,10,11,12,13). The molecule has 78 valence electrons. The van der Waals surface area contributed by atoms with Gasteiger partial charge in [0.1, 0.15) is 6.61 Å². The molecule has 0 aliphatic rings. The SMILES string of the molecule is O=C(Nc1cc[nH]n1)OCC(Cl)(Cl)Cl. The van der Waals surface area contributed by atoms with Gasteiger partial charge in [0.05, 0.1) is 0 Å². The van der Waals surface area contributed by atoms with E-state index in [1.165, 1.54) is 0 Å². The van der Waals surface area contributed by atoms with Gasteiger partial charge in [-0.05, 0) is 0 Å². The van der Waals surface area contributed by atoms with Crippen LogP contribution < -0.4 is 5.32 Å². The highest BCUT2D eigenvalue weighted by Crippen LogP contribution is 2.25. The number of ether oxygens (including phenoxy) is 1. The largest absolute Gasteiger partial charge is 0.445 e. The van der Waals surface area contributed by atoms with Gasteiger partial charge < -0.3 is 4.74 Å². The second-order valence-corrected chi connectivity index (χ2v) is 4.79. The van der Waals surface area contributed by atoms with Crippen molar-refractivity contribution in [3.05, 3.63) is 12.3 Å². The highest BCUT2D eigenvalue weighted by Gasteiger charge is 2.22. The zero-order valence-corrected chi connectivity index (χ0v) is 9.03. The first-order valence-corrected chi connectivity index (χ1v) is 4.61. The molecule has 0 aromatic carbocycles. The van der Waals surface area contributed by atoms with Crippen molar-refractivity contribution in [2.24, 2.45) is 0 Å². The van der Waals surface area contributed by atoms with E-state index in [1.807, 2.05) is 0 Å². The van der Waals surface area contributed by atoms with Crippen LogP contribution in [0.5, 0.6) is 0 Å². The normalized spacial score (nSPS) is 11.1. The molecule has 0 aliphatic heterocycles. The number of amides is 1. The Kier molecular flexibility index (Phi) is 3.86. The van der Waals surface area contributed by atoms with Gasteiger partial charge in [-0.1, -0.05) is 34.8 Å². The molecule has 5 nitrogen and oxygen atoms in total. The van der Waals surface area contributed by atoms with Crippen molar-refractivity contribution in [2.45, 2.75) is 3.79 Å². The number of H-pyrrole nitrogens is 1. The van der Waals surface area contributed by atoms with E-state index < -0.39 is 9.89 Å². The van der Waals surface area contributed by atoms with Crippen LogP contribution in [0.25, 0.3) is 0 Å². The number of anilines is 1. The van der Waals surface area contributed by atoms with Crippen LogP contribution in [0.15, 0.2) is 12.3 Å². The minimum atomic E-state index is -1.61. The number of aromatic nitrogens is 2. The van der Waals surface area contributed by atoms with Crippen LogP contribution in [0.3, 0.4) is 0 Å². The van der Waals surface area contributed by atoms with Crippen LogP contribution in [-0.2, 0) is 4.74 Å². The number of carbonyl (C=O) groups is 1. The van der Waals surface area contributed by atoms with Gasteiger partial charge >= 0.3 is 6.09 Å². The maximum Gasteiger partial charge on any atom is 0.413 e. The Morgan fingerprint density at radius 1 is 1.64 bits per heavy atom. The molecule has 0 saturated heterocycles. The minimum absolute atomic E-state index is 0.325. The van der Waals surface area contributed by atoms with Crippen molar-refractivity contribution < 1.29 is 9.53 Å². The third-order valence-corrected chi connectivity index (χ3v) is 1.43. The molecule has 1 aromatic heterocycles. The third-order valence-electron chi connectivity index (χ3n) is 1.10. The first kappa shape index (κ1) is 11.4. The van der Waals surface area contributed by atoms with Gasteiger partial charge in [-0.2, -0.15) is 5.10 Å². The molecule has 1 rings (SSSR count). The number of alkyl halides is 3. The Balaban J connectivity index is 2.30. The minimum Gasteiger partial charge on any atom is -0.445 e. The molecule has 0 unspecified atom stereocenters. The predicted octanol–water partition coefficient (Wildman–Crippen LogP) is 2.33. The number of halogens is 3. The number of carbonyl (C=O) groups excluding carboxylic acids is 1. The Hall–Kier alpha value is -0.650. The second kappa shape index (κ2) is 4.72. The summed E-state index contributed by atoms with van der Waals surface area (Å²) in [6, 6.07) is 1.55. The van der Waals surface area contributed by atoms with Crippen molar-refractivity contribution >= 4 is 46.7 Å². The molecular formula is C6H6Cl3N3O2. The van der Waals surface area contributed by atoms with Crippen molar-refractivity contribution in [3.8, 4) is 0 Å². The average molecular weight is 258 g/mol. The van der Waals surface area contributed by atoms with Crippen LogP contribution in [0.4, 0.5) is 10.6 Å². The molecule has 14 heavy (non-hydrogen) atoms. The highest BCUT2D eigenvalue weighted by molar-refractivity contribution is 6.67. The van der Waals surface area contributed by atoms with Crippen LogP contribution in [0, 0.1) is 0 Å². The summed E-state index contributed by atoms with van der Waals surface area (Å²) in [7, 11) is 0. The van der Waals surface area contributed by atoms with Gasteiger partial charge in [-0.15, -0.1) is 0 Å². The van der Waals surface area contributed by atoms with E-state index in [4.69, 9.17) is 34.8 Å². The number of hydrogen-bond acceptors (Lipinski definition) is 3. The maximum absolute atomic E-state index is 11.0. The van der Waals surface area contributed by atoms with E-state index in [9.17, 15) is 4.79 Å². The third kappa shape index (κ3) is 4.55. The van der Waals surface area contributed by atoms with Gasteiger partial charge in [0, 0.05) is 12.3 Å². The molecule has 1 aromatic rings. The summed E-state index contributed by atoms with van der Waals surface area (Å²) in [5.74, 6) is 0.333. The lowest BCUT2D eigenvalue weighted by atomic mass is 10.6. The summed E-state index contributed by atoms with van der Waals surface area (Å²) in [5.41, 5.74) is 0. The maximum atomic E-state index is 11.0. The van der Waals surface area contributed by atoms with Gasteiger partial charge in [0.2, 0.25) is 3.79 Å². The lowest BCUT2D eigenvalue weighted by molar-refractivity contribution is 0.164. The van der Waals surface area contributed by atoms with Crippen molar-refractivity contribution in [1.82, 2.24) is 10.2 Å². The number of aromatic amines is 1. The number of nitrogens with one attached hydrogen (secondary N) is 2. The van der Waals surface area contributed by atoms with Gasteiger partial charge in [-0.25, -0.2) is 4.79 Å². The molecule has 1 heterocycles. The van der Waals surface area contributed by atoms with Crippen LogP contribution >= 0.6 is 34.8 Å². The number of nitrogens with zero attached hydrogens (tertiary/aromatic N) is 1. The Morgan fingerprint density at radius 2 is 2.36 bits per heavy atom. The quantitative estimate of drug-likeness (QED) is 0.800. The molecule has 0 fully saturated rings.